The van der Waals surface area contributed by atoms with E-state index in [1.165, 1.54) is 23.1 Å². The average molecular weight is 433 g/mol. The number of halogens is 1. The number of aromatic nitrogens is 3. The number of hydrogen-bond acceptors (Lipinski definition) is 6. The fourth-order valence-electron chi connectivity index (χ4n) is 2.86. The summed E-state index contributed by atoms with van der Waals surface area (Å²) in [5, 5.41) is 4.99. The number of nitrogens with zero attached hydrogens (tertiary/aromatic N) is 3. The van der Waals surface area contributed by atoms with Crippen molar-refractivity contribution in [3.8, 4) is 0 Å². The van der Waals surface area contributed by atoms with Gasteiger partial charge in [-0.15, -0.1) is 11.3 Å². The first-order chi connectivity index (χ1) is 13.5. The molecule has 3 rings (SSSR count). The van der Waals surface area contributed by atoms with E-state index in [4.69, 9.17) is 11.6 Å². The molecule has 3 aromatic rings. The molecule has 0 fully saturated rings. The summed E-state index contributed by atoms with van der Waals surface area (Å²) in [7, 11) is 0. The highest BCUT2D eigenvalue weighted by atomic mass is 35.5. The molecular weight excluding hydrogens is 412 g/mol. The molecule has 0 radical (unpaired) electrons. The van der Waals surface area contributed by atoms with Crippen molar-refractivity contribution in [3.05, 3.63) is 62.9 Å². The molecule has 0 aliphatic carbocycles. The molecule has 0 atom stereocenters. The maximum atomic E-state index is 12.3. The molecule has 0 aliphatic rings. The first-order valence-corrected chi connectivity index (χ1v) is 11.2. The molecule has 1 amide bonds. The summed E-state index contributed by atoms with van der Waals surface area (Å²) in [6, 6.07) is 7.74. The van der Waals surface area contributed by atoms with E-state index >= 15 is 0 Å². The SMILES string of the molecule is CSc1nc(C)c(CCC(=O)Nc2ncc(Cc3ccccc3Cl)s2)c(C)n1. The third kappa shape index (κ3) is 5.31. The Morgan fingerprint density at radius 3 is 2.61 bits per heavy atom. The number of aryl methyl sites for hydroxylation is 2. The normalized spacial score (nSPS) is 10.9. The highest BCUT2D eigenvalue weighted by Gasteiger charge is 2.12. The van der Waals surface area contributed by atoms with E-state index in [0.717, 1.165) is 37.6 Å². The number of hydrogen-bond donors (Lipinski definition) is 1. The minimum atomic E-state index is -0.0635. The lowest BCUT2D eigenvalue weighted by Gasteiger charge is -2.09. The number of thioether (sulfide) groups is 1. The molecular formula is C20H21ClN4OS2. The molecule has 2 heterocycles. The maximum absolute atomic E-state index is 12.3. The Bertz CT molecular complexity index is 967. The van der Waals surface area contributed by atoms with E-state index in [2.05, 4.69) is 20.3 Å². The number of carbonyl (C=O) groups is 1. The Labute approximate surface area is 178 Å². The van der Waals surface area contributed by atoms with Crippen LogP contribution in [0.2, 0.25) is 5.02 Å². The first-order valence-electron chi connectivity index (χ1n) is 8.82. The lowest BCUT2D eigenvalue weighted by molar-refractivity contribution is -0.116. The van der Waals surface area contributed by atoms with Gasteiger partial charge in [-0.2, -0.15) is 0 Å². The zero-order valence-corrected chi connectivity index (χ0v) is 18.3. The van der Waals surface area contributed by atoms with Crippen LogP contribution in [0.5, 0.6) is 0 Å². The summed E-state index contributed by atoms with van der Waals surface area (Å²) in [5.74, 6) is -0.0635. The van der Waals surface area contributed by atoms with Gasteiger partial charge in [0.1, 0.15) is 0 Å². The Hall–Kier alpha value is -1.96. The lowest BCUT2D eigenvalue weighted by Crippen LogP contribution is -2.13. The molecule has 0 spiro atoms. The van der Waals surface area contributed by atoms with Gasteiger partial charge in [0.2, 0.25) is 5.91 Å². The predicted molar refractivity (Wildman–Crippen MR) is 117 cm³/mol. The van der Waals surface area contributed by atoms with Crippen molar-refractivity contribution in [3.63, 3.8) is 0 Å². The van der Waals surface area contributed by atoms with Crippen LogP contribution in [0.1, 0.15) is 33.8 Å². The third-order valence-electron chi connectivity index (χ3n) is 4.31. The first kappa shape index (κ1) is 20.8. The van der Waals surface area contributed by atoms with E-state index in [9.17, 15) is 4.79 Å². The van der Waals surface area contributed by atoms with Crippen molar-refractivity contribution in [1.82, 2.24) is 15.0 Å². The van der Waals surface area contributed by atoms with Gasteiger partial charge in [-0.3, -0.25) is 4.79 Å². The fraction of sp³-hybridized carbons (Fsp3) is 0.300. The molecule has 146 valence electrons. The monoisotopic (exact) mass is 432 g/mol. The van der Waals surface area contributed by atoms with E-state index in [1.807, 2.05) is 44.4 Å². The van der Waals surface area contributed by atoms with Crippen molar-refractivity contribution in [2.24, 2.45) is 0 Å². The van der Waals surface area contributed by atoms with Gasteiger partial charge in [-0.25, -0.2) is 15.0 Å². The largest absolute Gasteiger partial charge is 0.302 e. The molecule has 28 heavy (non-hydrogen) atoms. The van der Waals surface area contributed by atoms with E-state index in [0.29, 0.717) is 24.4 Å². The van der Waals surface area contributed by atoms with E-state index < -0.39 is 0 Å². The van der Waals surface area contributed by atoms with Gasteiger partial charge in [-0.1, -0.05) is 41.6 Å². The topological polar surface area (TPSA) is 67.8 Å². The number of anilines is 1. The van der Waals surface area contributed by atoms with Crippen molar-refractivity contribution < 1.29 is 4.79 Å². The van der Waals surface area contributed by atoms with Crippen molar-refractivity contribution in [2.45, 2.75) is 38.3 Å². The van der Waals surface area contributed by atoms with Crippen LogP contribution in [0.3, 0.4) is 0 Å². The summed E-state index contributed by atoms with van der Waals surface area (Å²) in [6.07, 6.45) is 5.41. The fourth-order valence-corrected chi connectivity index (χ4v) is 4.37. The number of nitrogens with one attached hydrogen (secondary N) is 1. The van der Waals surface area contributed by atoms with E-state index in [1.54, 1.807) is 6.20 Å². The predicted octanol–water partition coefficient (Wildman–Crippen LogP) is 5.09. The van der Waals surface area contributed by atoms with Crippen LogP contribution in [0.15, 0.2) is 35.6 Å². The second kappa shape index (κ2) is 9.49. The quantitative estimate of drug-likeness (QED) is 0.416. The summed E-state index contributed by atoms with van der Waals surface area (Å²) >= 11 is 9.20. The Morgan fingerprint density at radius 1 is 1.21 bits per heavy atom. The average Bonchev–Trinajstić information content (AvgIpc) is 3.09. The van der Waals surface area contributed by atoms with Gasteiger partial charge in [0, 0.05) is 40.3 Å². The van der Waals surface area contributed by atoms with Crippen LogP contribution >= 0.6 is 34.7 Å². The van der Waals surface area contributed by atoms with Gasteiger partial charge >= 0.3 is 0 Å². The maximum Gasteiger partial charge on any atom is 0.226 e. The zero-order chi connectivity index (χ0) is 20.1. The highest BCUT2D eigenvalue weighted by Crippen LogP contribution is 2.25. The zero-order valence-electron chi connectivity index (χ0n) is 16.0. The standard InChI is InChI=1S/C20H21ClN4OS2/c1-12-16(13(2)24-20(23-12)27-3)8-9-18(26)25-19-22-11-15(28-19)10-14-6-4-5-7-17(14)21/h4-7,11H,8-10H2,1-3H3,(H,22,25,26). The van der Waals surface area contributed by atoms with Crippen LogP contribution in [0.25, 0.3) is 0 Å². The number of rotatable bonds is 7. The molecule has 1 N–H and O–H groups in total. The van der Waals surface area contributed by atoms with Crippen LogP contribution in [0.4, 0.5) is 5.13 Å². The number of carbonyl (C=O) groups excluding carboxylic acids is 1. The molecule has 0 saturated carbocycles. The molecule has 8 heteroatoms. The third-order valence-corrected chi connectivity index (χ3v) is 6.14. The minimum Gasteiger partial charge on any atom is -0.302 e. The smallest absolute Gasteiger partial charge is 0.226 e. The Balaban J connectivity index is 1.57. The van der Waals surface area contributed by atoms with Gasteiger partial charge in [-0.05, 0) is 43.7 Å². The lowest BCUT2D eigenvalue weighted by atomic mass is 10.1. The van der Waals surface area contributed by atoms with E-state index in [-0.39, 0.29) is 5.91 Å². The van der Waals surface area contributed by atoms with Crippen LogP contribution in [-0.4, -0.2) is 27.1 Å². The highest BCUT2D eigenvalue weighted by molar-refractivity contribution is 7.98. The van der Waals surface area contributed by atoms with Crippen LogP contribution in [0, 0.1) is 13.8 Å². The Kier molecular flexibility index (Phi) is 7.04. The van der Waals surface area contributed by atoms with Gasteiger partial charge in [0.15, 0.2) is 10.3 Å². The molecule has 0 unspecified atom stereocenters. The molecule has 0 saturated heterocycles. The van der Waals surface area contributed by atoms with Crippen molar-refractivity contribution >= 4 is 45.7 Å². The van der Waals surface area contributed by atoms with Gasteiger partial charge < -0.3 is 5.32 Å². The molecule has 0 aliphatic heterocycles. The number of thiazole rings is 1. The number of benzene rings is 1. The summed E-state index contributed by atoms with van der Waals surface area (Å²) in [5.41, 5.74) is 3.94. The molecule has 1 aromatic carbocycles. The van der Waals surface area contributed by atoms with Crippen molar-refractivity contribution in [1.29, 1.82) is 0 Å². The summed E-state index contributed by atoms with van der Waals surface area (Å²) < 4.78 is 0. The summed E-state index contributed by atoms with van der Waals surface area (Å²) in [4.78, 5) is 26.6. The second-order valence-electron chi connectivity index (χ2n) is 6.31. The van der Waals surface area contributed by atoms with Crippen LogP contribution in [-0.2, 0) is 17.6 Å². The van der Waals surface area contributed by atoms with Gasteiger partial charge in [0.05, 0.1) is 0 Å². The van der Waals surface area contributed by atoms with Gasteiger partial charge in [0.25, 0.3) is 0 Å². The Morgan fingerprint density at radius 2 is 1.93 bits per heavy atom. The number of amides is 1. The molecule has 2 aromatic heterocycles. The molecule has 0 bridgehead atoms. The van der Waals surface area contributed by atoms with Crippen LogP contribution < -0.4 is 5.32 Å². The summed E-state index contributed by atoms with van der Waals surface area (Å²) in [6.45, 7) is 3.92. The second-order valence-corrected chi connectivity index (χ2v) is 8.60. The van der Waals surface area contributed by atoms with Crippen molar-refractivity contribution in [2.75, 3.05) is 11.6 Å². The minimum absolute atomic E-state index is 0.0635. The molecule has 5 nitrogen and oxygen atoms in total.